The molecule has 3 N–H and O–H groups in total. The Bertz CT molecular complexity index is 779. The minimum Gasteiger partial charge on any atom is -0.352 e. The van der Waals surface area contributed by atoms with Gasteiger partial charge in [-0.25, -0.2) is 8.42 Å². The third-order valence-electron chi connectivity index (χ3n) is 6.22. The molecule has 5 nitrogen and oxygen atoms in total. The SMILES string of the molecule is Cc1cccc(C2(C(=O)NC3C4CC(N)CC3CS(=O)(=O)C4)CC2)c1. The Morgan fingerprint density at radius 2 is 1.84 bits per heavy atom. The second-order valence-electron chi connectivity index (χ2n) is 8.28. The van der Waals surface area contributed by atoms with Gasteiger partial charge in [0.2, 0.25) is 5.91 Å². The highest BCUT2D eigenvalue weighted by atomic mass is 32.2. The van der Waals surface area contributed by atoms with Crippen LogP contribution in [0.15, 0.2) is 24.3 Å². The van der Waals surface area contributed by atoms with E-state index in [9.17, 15) is 13.2 Å². The number of hydrogen-bond donors (Lipinski definition) is 2. The van der Waals surface area contributed by atoms with Gasteiger partial charge in [0, 0.05) is 12.1 Å². The monoisotopic (exact) mass is 362 g/mol. The van der Waals surface area contributed by atoms with Gasteiger partial charge >= 0.3 is 0 Å². The molecule has 1 aromatic rings. The first kappa shape index (κ1) is 17.0. The molecule has 0 spiro atoms. The fourth-order valence-corrected chi connectivity index (χ4v) is 6.98. The Morgan fingerprint density at radius 1 is 1.20 bits per heavy atom. The van der Waals surface area contributed by atoms with Crippen molar-refractivity contribution >= 4 is 15.7 Å². The summed E-state index contributed by atoms with van der Waals surface area (Å²) in [7, 11) is -3.02. The first-order chi connectivity index (χ1) is 11.8. The predicted molar refractivity (Wildman–Crippen MR) is 96.9 cm³/mol. The maximum atomic E-state index is 13.1. The number of carbonyl (C=O) groups is 1. The summed E-state index contributed by atoms with van der Waals surface area (Å²) in [6, 6.07) is 8.15. The second-order valence-corrected chi connectivity index (χ2v) is 10.4. The summed E-state index contributed by atoms with van der Waals surface area (Å²) < 4.78 is 24.2. The second kappa shape index (κ2) is 5.81. The zero-order chi connectivity index (χ0) is 17.8. The Morgan fingerprint density at radius 3 is 2.40 bits per heavy atom. The standard InChI is InChI=1S/C19H26N2O3S/c1-12-3-2-4-15(7-12)19(5-6-19)18(22)21-17-13-8-16(20)9-14(17)11-25(23,24)10-13/h2-4,7,13-14,16-17H,5-6,8-11,20H2,1H3,(H,21,22). The van der Waals surface area contributed by atoms with Crippen molar-refractivity contribution < 1.29 is 13.2 Å². The van der Waals surface area contributed by atoms with E-state index in [-0.39, 0.29) is 41.3 Å². The minimum absolute atomic E-state index is 0.0466. The van der Waals surface area contributed by atoms with Crippen molar-refractivity contribution in [3.63, 3.8) is 0 Å². The molecule has 0 radical (unpaired) electrons. The summed E-state index contributed by atoms with van der Waals surface area (Å²) in [6.45, 7) is 2.04. The molecule has 1 saturated heterocycles. The number of rotatable bonds is 3. The molecule has 3 fully saturated rings. The van der Waals surface area contributed by atoms with Crippen LogP contribution in [-0.4, -0.2) is 37.9 Å². The number of fused-ring (bicyclic) bond motifs is 2. The molecule has 136 valence electrons. The third kappa shape index (κ3) is 3.10. The number of carbonyl (C=O) groups excluding carboxylic acids is 1. The minimum atomic E-state index is -3.02. The van der Waals surface area contributed by atoms with Crippen LogP contribution >= 0.6 is 0 Å². The van der Waals surface area contributed by atoms with E-state index in [2.05, 4.69) is 11.4 Å². The maximum Gasteiger partial charge on any atom is 0.230 e. The first-order valence-electron chi connectivity index (χ1n) is 9.13. The van der Waals surface area contributed by atoms with Crippen molar-refractivity contribution in [2.24, 2.45) is 17.6 Å². The first-order valence-corrected chi connectivity index (χ1v) is 11.0. The number of aryl methyl sites for hydroxylation is 1. The van der Waals surface area contributed by atoms with Gasteiger partial charge < -0.3 is 11.1 Å². The van der Waals surface area contributed by atoms with Crippen LogP contribution in [0.5, 0.6) is 0 Å². The number of sulfone groups is 1. The summed E-state index contributed by atoms with van der Waals surface area (Å²) in [5.41, 5.74) is 7.92. The fraction of sp³-hybridized carbons (Fsp3) is 0.632. The van der Waals surface area contributed by atoms with Gasteiger partial charge in [-0.15, -0.1) is 0 Å². The van der Waals surface area contributed by atoms with E-state index < -0.39 is 15.3 Å². The average Bonchev–Trinajstić information content (AvgIpc) is 3.30. The molecular formula is C19H26N2O3S. The van der Waals surface area contributed by atoms with Gasteiger partial charge in [0.05, 0.1) is 16.9 Å². The smallest absolute Gasteiger partial charge is 0.230 e. The lowest BCUT2D eigenvalue weighted by Gasteiger charge is -2.45. The van der Waals surface area contributed by atoms with Crippen LogP contribution in [0.1, 0.15) is 36.8 Å². The molecule has 0 aromatic heterocycles. The van der Waals surface area contributed by atoms with Crippen molar-refractivity contribution in [1.29, 1.82) is 0 Å². The van der Waals surface area contributed by atoms with Gasteiger partial charge in [-0.05, 0) is 50.0 Å². The zero-order valence-electron chi connectivity index (χ0n) is 14.6. The van der Waals surface area contributed by atoms with Gasteiger partial charge in [-0.1, -0.05) is 29.8 Å². The van der Waals surface area contributed by atoms with Gasteiger partial charge in [0.15, 0.2) is 9.84 Å². The molecule has 1 amide bonds. The number of hydrogen-bond acceptors (Lipinski definition) is 4. The highest BCUT2D eigenvalue weighted by Gasteiger charge is 2.53. The molecule has 2 saturated carbocycles. The lowest BCUT2D eigenvalue weighted by atomic mass is 9.75. The molecular weight excluding hydrogens is 336 g/mol. The van der Waals surface area contributed by atoms with Crippen LogP contribution in [-0.2, 0) is 20.0 Å². The summed E-state index contributed by atoms with van der Waals surface area (Å²) in [6.07, 6.45) is 3.08. The Hall–Kier alpha value is -1.40. The largest absolute Gasteiger partial charge is 0.352 e. The Kier molecular flexibility index (Phi) is 3.96. The Labute approximate surface area is 149 Å². The van der Waals surface area contributed by atoms with E-state index in [1.165, 1.54) is 0 Å². The molecule has 2 bridgehead atoms. The van der Waals surface area contributed by atoms with Crippen molar-refractivity contribution in [2.75, 3.05) is 11.5 Å². The van der Waals surface area contributed by atoms with E-state index in [0.29, 0.717) is 12.8 Å². The van der Waals surface area contributed by atoms with Crippen LogP contribution in [0.25, 0.3) is 0 Å². The molecule has 4 rings (SSSR count). The highest BCUT2D eigenvalue weighted by Crippen LogP contribution is 2.49. The summed E-state index contributed by atoms with van der Waals surface area (Å²) >= 11 is 0. The molecule has 3 aliphatic rings. The quantitative estimate of drug-likeness (QED) is 0.848. The van der Waals surface area contributed by atoms with Gasteiger partial charge in [-0.2, -0.15) is 0 Å². The summed E-state index contributed by atoms with van der Waals surface area (Å²) in [5, 5.41) is 3.24. The lowest BCUT2D eigenvalue weighted by Crippen LogP contribution is -2.59. The van der Waals surface area contributed by atoms with Gasteiger partial charge in [-0.3, -0.25) is 4.79 Å². The van der Waals surface area contributed by atoms with E-state index in [0.717, 1.165) is 24.0 Å². The predicted octanol–water partition coefficient (Wildman–Crippen LogP) is 1.29. The fourth-order valence-electron chi connectivity index (χ4n) is 4.86. The molecule has 1 aromatic carbocycles. The molecule has 2 atom stereocenters. The van der Waals surface area contributed by atoms with Crippen molar-refractivity contribution in [3.05, 3.63) is 35.4 Å². The van der Waals surface area contributed by atoms with Crippen LogP contribution in [0.4, 0.5) is 0 Å². The lowest BCUT2D eigenvalue weighted by molar-refractivity contribution is -0.125. The van der Waals surface area contributed by atoms with E-state index in [4.69, 9.17) is 5.73 Å². The van der Waals surface area contributed by atoms with Crippen LogP contribution in [0.3, 0.4) is 0 Å². The van der Waals surface area contributed by atoms with E-state index in [1.807, 2.05) is 25.1 Å². The van der Waals surface area contributed by atoms with E-state index >= 15 is 0 Å². The number of nitrogens with one attached hydrogen (secondary N) is 1. The number of benzene rings is 1. The van der Waals surface area contributed by atoms with Crippen LogP contribution in [0.2, 0.25) is 0 Å². The third-order valence-corrected chi connectivity index (χ3v) is 8.09. The molecule has 1 heterocycles. The molecule has 2 unspecified atom stereocenters. The normalized spacial score (nSPS) is 35.0. The van der Waals surface area contributed by atoms with Crippen molar-refractivity contribution in [3.8, 4) is 0 Å². The van der Waals surface area contributed by atoms with E-state index in [1.54, 1.807) is 0 Å². The maximum absolute atomic E-state index is 13.1. The van der Waals surface area contributed by atoms with Crippen molar-refractivity contribution in [1.82, 2.24) is 5.32 Å². The Balaban J connectivity index is 1.55. The summed E-state index contributed by atoms with van der Waals surface area (Å²) in [4.78, 5) is 13.1. The number of amides is 1. The zero-order valence-corrected chi connectivity index (χ0v) is 15.4. The van der Waals surface area contributed by atoms with Crippen LogP contribution < -0.4 is 11.1 Å². The highest BCUT2D eigenvalue weighted by molar-refractivity contribution is 7.91. The molecule has 6 heteroatoms. The molecule has 1 aliphatic heterocycles. The topological polar surface area (TPSA) is 89.3 Å². The molecule has 2 aliphatic carbocycles. The average molecular weight is 362 g/mol. The summed E-state index contributed by atoms with van der Waals surface area (Å²) in [5.74, 6) is 0.265. The van der Waals surface area contributed by atoms with Crippen molar-refractivity contribution in [2.45, 2.75) is 50.1 Å². The number of nitrogens with two attached hydrogens (primary N) is 1. The molecule has 25 heavy (non-hydrogen) atoms. The van der Waals surface area contributed by atoms with Gasteiger partial charge in [0.1, 0.15) is 0 Å². The van der Waals surface area contributed by atoms with Gasteiger partial charge in [0.25, 0.3) is 0 Å². The van der Waals surface area contributed by atoms with Crippen LogP contribution in [0, 0.1) is 18.8 Å².